The van der Waals surface area contributed by atoms with Crippen molar-refractivity contribution in [3.05, 3.63) is 0 Å². The number of nitrogens with one attached hydrogen (secondary N) is 1. The van der Waals surface area contributed by atoms with E-state index in [1.54, 1.807) is 11.9 Å². The van der Waals surface area contributed by atoms with E-state index >= 15 is 0 Å². The molecule has 1 aliphatic rings. The summed E-state index contributed by atoms with van der Waals surface area (Å²) in [7, 11) is 1.77. The highest BCUT2D eigenvalue weighted by atomic mass is 16.4. The predicted octanol–water partition coefficient (Wildman–Crippen LogP) is -0.884. The normalized spacial score (nSPS) is 21.1. The zero-order valence-electron chi connectivity index (χ0n) is 8.44. The molecule has 0 aromatic carbocycles. The van der Waals surface area contributed by atoms with E-state index in [1.807, 2.05) is 0 Å². The minimum absolute atomic E-state index is 0.268. The number of hydrogen-bond acceptors (Lipinski definition) is 4. The molecule has 0 spiro atoms. The second-order valence-electron chi connectivity index (χ2n) is 3.68. The number of aliphatic hydroxyl groups is 1. The fourth-order valence-electron chi connectivity index (χ4n) is 1.85. The number of aliphatic carboxylic acids is 1. The highest BCUT2D eigenvalue weighted by molar-refractivity contribution is 5.73. The Balaban J connectivity index is 2.51. The maximum atomic E-state index is 10.8. The molecule has 5 heteroatoms. The first kappa shape index (κ1) is 11.4. The monoisotopic (exact) mass is 202 g/mol. The first-order chi connectivity index (χ1) is 6.66. The number of likely N-dealkylation sites (N-methyl/N-ethyl adjacent to an activating group) is 1. The molecule has 0 bridgehead atoms. The lowest BCUT2D eigenvalue weighted by Gasteiger charge is -2.34. The van der Waals surface area contributed by atoms with Crippen LogP contribution in [0.25, 0.3) is 0 Å². The van der Waals surface area contributed by atoms with E-state index in [-0.39, 0.29) is 12.6 Å². The van der Waals surface area contributed by atoms with Gasteiger partial charge in [-0.15, -0.1) is 0 Å². The minimum atomic E-state index is -0.950. The van der Waals surface area contributed by atoms with Crippen molar-refractivity contribution in [1.29, 1.82) is 0 Å². The molecule has 14 heavy (non-hydrogen) atoms. The Morgan fingerprint density at radius 2 is 2.14 bits per heavy atom. The number of carboxylic acid groups (broad SMARTS) is 1. The lowest BCUT2D eigenvalue weighted by Crippen LogP contribution is -2.50. The van der Waals surface area contributed by atoms with Crippen LogP contribution in [0.5, 0.6) is 0 Å². The Morgan fingerprint density at radius 1 is 1.57 bits per heavy atom. The Hall–Kier alpha value is -0.650. The summed E-state index contributed by atoms with van der Waals surface area (Å²) in [5.41, 5.74) is 0. The average molecular weight is 202 g/mol. The third-order valence-electron chi connectivity index (χ3n) is 2.83. The van der Waals surface area contributed by atoms with E-state index in [0.29, 0.717) is 0 Å². The van der Waals surface area contributed by atoms with E-state index in [4.69, 9.17) is 10.2 Å². The van der Waals surface area contributed by atoms with Gasteiger partial charge in [0.2, 0.25) is 0 Å². The maximum Gasteiger partial charge on any atom is 0.323 e. The van der Waals surface area contributed by atoms with E-state index < -0.39 is 12.0 Å². The van der Waals surface area contributed by atoms with Crippen LogP contribution in [0.4, 0.5) is 0 Å². The third-order valence-corrected chi connectivity index (χ3v) is 2.83. The molecule has 0 radical (unpaired) electrons. The Kier molecular flexibility index (Phi) is 4.31. The summed E-state index contributed by atoms with van der Waals surface area (Å²) in [4.78, 5) is 12.6. The smallest absolute Gasteiger partial charge is 0.323 e. The molecule has 1 fully saturated rings. The second kappa shape index (κ2) is 5.29. The number of hydrogen-bond donors (Lipinski definition) is 3. The fourth-order valence-corrected chi connectivity index (χ4v) is 1.85. The summed E-state index contributed by atoms with van der Waals surface area (Å²) in [6.07, 6.45) is 1.89. The van der Waals surface area contributed by atoms with Crippen molar-refractivity contribution in [2.75, 3.05) is 26.7 Å². The van der Waals surface area contributed by atoms with Crippen LogP contribution in [0.3, 0.4) is 0 Å². The Labute approximate surface area is 83.7 Å². The molecular formula is C9H18N2O3. The van der Waals surface area contributed by atoms with Crippen LogP contribution in [0.1, 0.15) is 12.8 Å². The van der Waals surface area contributed by atoms with E-state index in [1.165, 1.54) is 0 Å². The number of rotatable bonds is 4. The van der Waals surface area contributed by atoms with Crippen molar-refractivity contribution in [3.8, 4) is 0 Å². The number of carboxylic acids is 1. The molecular weight excluding hydrogens is 184 g/mol. The van der Waals surface area contributed by atoms with E-state index in [0.717, 1.165) is 25.9 Å². The SMILES string of the molecule is CN(C1CCNCC1)C(CO)C(=O)O. The summed E-state index contributed by atoms with van der Waals surface area (Å²) in [5, 5.41) is 21.0. The third kappa shape index (κ3) is 2.67. The Morgan fingerprint density at radius 3 is 2.57 bits per heavy atom. The maximum absolute atomic E-state index is 10.8. The molecule has 0 amide bonds. The van der Waals surface area contributed by atoms with Crippen molar-refractivity contribution in [2.24, 2.45) is 0 Å². The van der Waals surface area contributed by atoms with Crippen LogP contribution in [-0.4, -0.2) is 59.9 Å². The summed E-state index contributed by atoms with van der Waals surface area (Å²) >= 11 is 0. The van der Waals surface area contributed by atoms with Gasteiger partial charge in [0.25, 0.3) is 0 Å². The van der Waals surface area contributed by atoms with Gasteiger partial charge in [-0.25, -0.2) is 0 Å². The summed E-state index contributed by atoms with van der Waals surface area (Å²) in [6.45, 7) is 1.52. The van der Waals surface area contributed by atoms with Crippen LogP contribution in [-0.2, 0) is 4.79 Å². The van der Waals surface area contributed by atoms with Gasteiger partial charge < -0.3 is 15.5 Å². The van der Waals surface area contributed by atoms with Gasteiger partial charge in [-0.1, -0.05) is 0 Å². The minimum Gasteiger partial charge on any atom is -0.480 e. The molecule has 1 heterocycles. The lowest BCUT2D eigenvalue weighted by atomic mass is 10.0. The molecule has 1 saturated heterocycles. The molecule has 1 atom stereocenters. The lowest BCUT2D eigenvalue weighted by molar-refractivity contribution is -0.145. The summed E-state index contributed by atoms with van der Waals surface area (Å²) in [6, 6.07) is -0.498. The summed E-state index contributed by atoms with van der Waals surface area (Å²) in [5.74, 6) is -0.950. The van der Waals surface area contributed by atoms with Gasteiger partial charge in [0.1, 0.15) is 6.04 Å². The topological polar surface area (TPSA) is 72.8 Å². The van der Waals surface area contributed by atoms with Crippen LogP contribution >= 0.6 is 0 Å². The van der Waals surface area contributed by atoms with Gasteiger partial charge in [-0.3, -0.25) is 9.69 Å². The second-order valence-corrected chi connectivity index (χ2v) is 3.68. The number of nitrogens with zero attached hydrogens (tertiary/aromatic N) is 1. The molecule has 1 unspecified atom stereocenters. The van der Waals surface area contributed by atoms with Crippen molar-refractivity contribution >= 4 is 5.97 Å². The molecule has 0 saturated carbocycles. The Bertz CT molecular complexity index is 192. The summed E-state index contributed by atoms with van der Waals surface area (Å²) < 4.78 is 0. The van der Waals surface area contributed by atoms with Crippen molar-refractivity contribution in [1.82, 2.24) is 10.2 Å². The zero-order valence-corrected chi connectivity index (χ0v) is 8.44. The molecule has 5 nitrogen and oxygen atoms in total. The molecule has 0 aromatic heterocycles. The van der Waals surface area contributed by atoms with Crippen LogP contribution in [0.15, 0.2) is 0 Å². The molecule has 3 N–H and O–H groups in total. The first-order valence-electron chi connectivity index (χ1n) is 4.93. The zero-order chi connectivity index (χ0) is 10.6. The predicted molar refractivity (Wildman–Crippen MR) is 52.2 cm³/mol. The van der Waals surface area contributed by atoms with E-state index in [2.05, 4.69) is 5.32 Å². The van der Waals surface area contributed by atoms with Gasteiger partial charge in [0.05, 0.1) is 6.61 Å². The highest BCUT2D eigenvalue weighted by Crippen LogP contribution is 2.12. The van der Waals surface area contributed by atoms with Crippen molar-refractivity contribution in [2.45, 2.75) is 24.9 Å². The molecule has 1 aliphatic heterocycles. The van der Waals surface area contributed by atoms with Crippen LogP contribution in [0.2, 0.25) is 0 Å². The largest absolute Gasteiger partial charge is 0.480 e. The number of piperidine rings is 1. The standard InChI is InChI=1S/C9H18N2O3/c1-11(8(6-12)9(13)14)7-2-4-10-5-3-7/h7-8,10,12H,2-6H2,1H3,(H,13,14). The molecule has 1 rings (SSSR count). The van der Waals surface area contributed by atoms with Crippen molar-refractivity contribution < 1.29 is 15.0 Å². The molecule has 82 valence electrons. The fraction of sp³-hybridized carbons (Fsp3) is 0.889. The van der Waals surface area contributed by atoms with Gasteiger partial charge in [-0.05, 0) is 33.0 Å². The highest BCUT2D eigenvalue weighted by Gasteiger charge is 2.28. The van der Waals surface area contributed by atoms with Gasteiger partial charge in [-0.2, -0.15) is 0 Å². The average Bonchev–Trinajstić information content (AvgIpc) is 2.19. The molecule has 0 aliphatic carbocycles. The van der Waals surface area contributed by atoms with Gasteiger partial charge in [0, 0.05) is 6.04 Å². The van der Waals surface area contributed by atoms with Crippen LogP contribution < -0.4 is 5.32 Å². The number of carbonyl (C=O) groups is 1. The first-order valence-corrected chi connectivity index (χ1v) is 4.93. The molecule has 0 aromatic rings. The quantitative estimate of drug-likeness (QED) is 0.552. The van der Waals surface area contributed by atoms with Crippen molar-refractivity contribution in [3.63, 3.8) is 0 Å². The van der Waals surface area contributed by atoms with Gasteiger partial charge >= 0.3 is 5.97 Å². The van der Waals surface area contributed by atoms with Crippen LogP contribution in [0, 0.1) is 0 Å². The van der Waals surface area contributed by atoms with E-state index in [9.17, 15) is 4.79 Å². The van der Waals surface area contributed by atoms with Gasteiger partial charge in [0.15, 0.2) is 0 Å². The number of aliphatic hydroxyl groups excluding tert-OH is 1.